The Morgan fingerprint density at radius 2 is 2.27 bits per heavy atom. The van der Waals surface area contributed by atoms with Crippen LogP contribution in [0.4, 0.5) is 4.39 Å². The Bertz CT molecular complexity index is 317. The van der Waals surface area contributed by atoms with Crippen molar-refractivity contribution in [3.05, 3.63) is 41.2 Å². The molecule has 2 heteroatoms. The summed E-state index contributed by atoms with van der Waals surface area (Å²) in [5.41, 5.74) is 1.45. The summed E-state index contributed by atoms with van der Waals surface area (Å²) in [6, 6.07) is 4.33. The van der Waals surface area contributed by atoms with Crippen LogP contribution in [0.5, 0.6) is 0 Å². The zero-order valence-electron chi connectivity index (χ0n) is 5.71. The maximum absolute atomic E-state index is 12.6. The first-order valence-electron chi connectivity index (χ1n) is 3.34. The van der Waals surface area contributed by atoms with Crippen LogP contribution in [0.15, 0.2) is 18.2 Å². The van der Waals surface area contributed by atoms with E-state index in [9.17, 15) is 9.50 Å². The number of benzene rings is 1. The fourth-order valence-electron chi connectivity index (χ4n) is 1.17. The highest BCUT2D eigenvalue weighted by atomic mass is 19.1. The van der Waals surface area contributed by atoms with Gasteiger partial charge < -0.3 is 5.11 Å². The van der Waals surface area contributed by atoms with Crippen molar-refractivity contribution in [2.45, 2.75) is 6.10 Å². The number of aliphatic hydroxyl groups excluding tert-OH is 1. The van der Waals surface area contributed by atoms with E-state index in [2.05, 4.69) is 6.08 Å². The lowest BCUT2D eigenvalue weighted by molar-refractivity contribution is 0.224. The second kappa shape index (κ2) is 2.17. The average molecular weight is 149 g/mol. The van der Waals surface area contributed by atoms with Gasteiger partial charge in [-0.15, -0.1) is 0 Å². The number of halogens is 1. The number of hydrogen-bond donors (Lipinski definition) is 1. The molecule has 1 aromatic carbocycles. The third-order valence-corrected chi connectivity index (χ3v) is 1.74. The summed E-state index contributed by atoms with van der Waals surface area (Å²) < 4.78 is 12.6. The van der Waals surface area contributed by atoms with Gasteiger partial charge in [0.25, 0.3) is 0 Å². The zero-order chi connectivity index (χ0) is 7.84. The van der Waals surface area contributed by atoms with Gasteiger partial charge in [-0.1, -0.05) is 6.07 Å². The van der Waals surface area contributed by atoms with E-state index in [1.54, 1.807) is 12.1 Å². The zero-order valence-corrected chi connectivity index (χ0v) is 5.71. The number of rotatable bonds is 0. The van der Waals surface area contributed by atoms with E-state index in [0.717, 1.165) is 5.56 Å². The van der Waals surface area contributed by atoms with Crippen molar-refractivity contribution in [3.8, 4) is 0 Å². The standard InChI is InChI=1S/C9H6FO/c10-7-3-1-6-2-4-9(11)8(6)5-7/h1-3,5,9,11H. The van der Waals surface area contributed by atoms with E-state index in [4.69, 9.17) is 0 Å². The van der Waals surface area contributed by atoms with Crippen LogP contribution in [0.25, 0.3) is 6.08 Å². The molecule has 1 nitrogen and oxygen atoms in total. The van der Waals surface area contributed by atoms with Crippen LogP contribution in [0.1, 0.15) is 17.2 Å². The summed E-state index contributed by atoms with van der Waals surface area (Å²) in [6.45, 7) is 0. The smallest absolute Gasteiger partial charge is 0.123 e. The lowest BCUT2D eigenvalue weighted by Gasteiger charge is -2.01. The fourth-order valence-corrected chi connectivity index (χ4v) is 1.17. The number of hydrogen-bond acceptors (Lipinski definition) is 1. The third-order valence-electron chi connectivity index (χ3n) is 1.74. The summed E-state index contributed by atoms with van der Waals surface area (Å²) in [5, 5.41) is 9.20. The highest BCUT2D eigenvalue weighted by Crippen LogP contribution is 2.27. The number of aliphatic hydroxyl groups is 1. The highest BCUT2D eigenvalue weighted by molar-refractivity contribution is 5.58. The Labute approximate surface area is 63.8 Å². The normalized spacial score (nSPS) is 20.4. The molecule has 0 bridgehead atoms. The molecule has 0 fully saturated rings. The summed E-state index contributed by atoms with van der Waals surface area (Å²) in [6.07, 6.45) is 3.59. The molecule has 0 spiro atoms. The summed E-state index contributed by atoms with van der Waals surface area (Å²) in [4.78, 5) is 0. The van der Waals surface area contributed by atoms with Gasteiger partial charge in [0.1, 0.15) is 11.9 Å². The second-order valence-corrected chi connectivity index (χ2v) is 2.49. The van der Waals surface area contributed by atoms with E-state index < -0.39 is 6.10 Å². The SMILES string of the molecule is OC1[C]=Cc2ccc(F)cc21. The minimum absolute atomic E-state index is 0.320. The minimum atomic E-state index is -0.749. The molecule has 1 aromatic rings. The first-order valence-corrected chi connectivity index (χ1v) is 3.34. The molecule has 55 valence electrons. The van der Waals surface area contributed by atoms with Crippen molar-refractivity contribution in [3.63, 3.8) is 0 Å². The van der Waals surface area contributed by atoms with E-state index in [1.165, 1.54) is 12.1 Å². The largest absolute Gasteiger partial charge is 0.384 e. The summed E-state index contributed by atoms with van der Waals surface area (Å²) in [7, 11) is 0. The predicted molar refractivity (Wildman–Crippen MR) is 39.1 cm³/mol. The Hall–Kier alpha value is -1.15. The van der Waals surface area contributed by atoms with Crippen molar-refractivity contribution < 1.29 is 9.50 Å². The molecule has 2 rings (SSSR count). The van der Waals surface area contributed by atoms with Crippen LogP contribution in [-0.4, -0.2) is 5.11 Å². The molecule has 11 heavy (non-hydrogen) atoms. The van der Waals surface area contributed by atoms with Crippen LogP contribution >= 0.6 is 0 Å². The van der Waals surface area contributed by atoms with Crippen molar-refractivity contribution >= 4 is 6.08 Å². The lowest BCUT2D eigenvalue weighted by Crippen LogP contribution is -1.91. The van der Waals surface area contributed by atoms with Gasteiger partial charge in [-0.05, 0) is 35.4 Å². The fraction of sp³-hybridized carbons (Fsp3) is 0.111. The van der Waals surface area contributed by atoms with Crippen molar-refractivity contribution in [2.24, 2.45) is 0 Å². The van der Waals surface area contributed by atoms with Crippen LogP contribution in [0.3, 0.4) is 0 Å². The molecule has 0 saturated heterocycles. The van der Waals surface area contributed by atoms with Gasteiger partial charge in [-0.3, -0.25) is 0 Å². The third kappa shape index (κ3) is 0.955. The quantitative estimate of drug-likeness (QED) is 0.595. The molecule has 0 aromatic heterocycles. The molecule has 0 saturated carbocycles. The monoisotopic (exact) mass is 149 g/mol. The van der Waals surface area contributed by atoms with Crippen LogP contribution < -0.4 is 0 Å². The van der Waals surface area contributed by atoms with Gasteiger partial charge in [0.2, 0.25) is 0 Å². The molecule has 1 radical (unpaired) electrons. The lowest BCUT2D eigenvalue weighted by atomic mass is 10.1. The van der Waals surface area contributed by atoms with Gasteiger partial charge in [0.05, 0.1) is 0 Å². The van der Waals surface area contributed by atoms with Crippen molar-refractivity contribution in [1.29, 1.82) is 0 Å². The van der Waals surface area contributed by atoms with Crippen LogP contribution in [0, 0.1) is 11.9 Å². The molecule has 0 heterocycles. The topological polar surface area (TPSA) is 20.2 Å². The molecule has 1 N–H and O–H groups in total. The van der Waals surface area contributed by atoms with Gasteiger partial charge in [-0.2, -0.15) is 0 Å². The Morgan fingerprint density at radius 1 is 1.45 bits per heavy atom. The van der Waals surface area contributed by atoms with Gasteiger partial charge in [0, 0.05) is 0 Å². The summed E-state index contributed by atoms with van der Waals surface area (Å²) >= 11 is 0. The Kier molecular flexibility index (Phi) is 1.29. The highest BCUT2D eigenvalue weighted by Gasteiger charge is 2.14. The molecule has 0 amide bonds. The Morgan fingerprint density at radius 3 is 3.09 bits per heavy atom. The van der Waals surface area contributed by atoms with E-state index in [-0.39, 0.29) is 5.82 Å². The summed E-state index contributed by atoms with van der Waals surface area (Å²) in [5.74, 6) is -0.320. The molecular formula is C9H6FO. The number of fused-ring (bicyclic) bond motifs is 1. The maximum atomic E-state index is 12.6. The first-order chi connectivity index (χ1) is 5.27. The van der Waals surface area contributed by atoms with Gasteiger partial charge >= 0.3 is 0 Å². The van der Waals surface area contributed by atoms with E-state index >= 15 is 0 Å². The molecule has 1 unspecified atom stereocenters. The van der Waals surface area contributed by atoms with Crippen molar-refractivity contribution in [1.82, 2.24) is 0 Å². The van der Waals surface area contributed by atoms with Gasteiger partial charge in [-0.25, -0.2) is 4.39 Å². The first kappa shape index (κ1) is 6.55. The van der Waals surface area contributed by atoms with Gasteiger partial charge in [0.15, 0.2) is 0 Å². The minimum Gasteiger partial charge on any atom is -0.384 e. The second-order valence-electron chi connectivity index (χ2n) is 2.49. The van der Waals surface area contributed by atoms with Crippen LogP contribution in [-0.2, 0) is 0 Å². The van der Waals surface area contributed by atoms with E-state index in [0.29, 0.717) is 5.56 Å². The maximum Gasteiger partial charge on any atom is 0.123 e. The average Bonchev–Trinajstić information content (AvgIpc) is 2.33. The predicted octanol–water partition coefficient (Wildman–Crippen LogP) is 1.69. The Balaban J connectivity index is 2.58. The van der Waals surface area contributed by atoms with Crippen LogP contribution in [0.2, 0.25) is 0 Å². The molecular weight excluding hydrogens is 143 g/mol. The van der Waals surface area contributed by atoms with Crippen molar-refractivity contribution in [2.75, 3.05) is 0 Å². The molecule has 0 aliphatic heterocycles. The van der Waals surface area contributed by atoms with E-state index in [1.807, 2.05) is 0 Å². The molecule has 1 aliphatic carbocycles. The molecule has 1 aliphatic rings. The molecule has 1 atom stereocenters.